The van der Waals surface area contributed by atoms with Gasteiger partial charge in [0.1, 0.15) is 0 Å². The molecule has 0 saturated carbocycles. The lowest BCUT2D eigenvalue weighted by Gasteiger charge is -2.23. The molecule has 0 aromatic heterocycles. The van der Waals surface area contributed by atoms with E-state index >= 15 is 0 Å². The van der Waals surface area contributed by atoms with E-state index in [-0.39, 0.29) is 11.9 Å². The van der Waals surface area contributed by atoms with E-state index in [1.807, 2.05) is 14.1 Å². The van der Waals surface area contributed by atoms with Gasteiger partial charge in [-0.05, 0) is 26.4 Å². The summed E-state index contributed by atoms with van der Waals surface area (Å²) in [6.45, 7) is 5.24. The van der Waals surface area contributed by atoms with Gasteiger partial charge >= 0.3 is 0 Å². The molecule has 0 aliphatic rings. The molecule has 0 bridgehead atoms. The fraction of sp³-hybridized carbons (Fsp3) is 0.900. The van der Waals surface area contributed by atoms with Crippen molar-refractivity contribution >= 4 is 21.8 Å². The van der Waals surface area contributed by atoms with Gasteiger partial charge in [0, 0.05) is 12.6 Å². The molecule has 0 saturated heterocycles. The summed E-state index contributed by atoms with van der Waals surface area (Å²) in [6, 6.07) is 0.259. The van der Waals surface area contributed by atoms with Crippen molar-refractivity contribution in [2.24, 2.45) is 5.92 Å². The van der Waals surface area contributed by atoms with Crippen LogP contribution in [-0.2, 0) is 4.79 Å². The number of amides is 1. The van der Waals surface area contributed by atoms with E-state index < -0.39 is 0 Å². The summed E-state index contributed by atoms with van der Waals surface area (Å²) in [5.41, 5.74) is 0. The van der Waals surface area contributed by atoms with Gasteiger partial charge in [-0.3, -0.25) is 4.79 Å². The lowest BCUT2D eigenvalue weighted by Crippen LogP contribution is -2.42. The first-order valence-corrected chi connectivity index (χ1v) is 6.08. The first-order valence-electron chi connectivity index (χ1n) is 4.95. The Bertz CT molecular complexity index is 162. The number of likely N-dealkylation sites (N-methyl/N-ethyl adjacent to an activating group) is 1. The van der Waals surface area contributed by atoms with E-state index in [1.54, 1.807) is 0 Å². The first-order chi connectivity index (χ1) is 6.45. The molecule has 3 nitrogen and oxygen atoms in total. The predicted octanol–water partition coefficient (Wildman–Crippen LogP) is 1.47. The molecule has 4 heteroatoms. The molecule has 0 spiro atoms. The molecule has 0 aliphatic carbocycles. The molecule has 0 aliphatic heterocycles. The SMILES string of the molecule is CC(C)CC(CN(C)C)NC(=O)CBr. The van der Waals surface area contributed by atoms with Crippen molar-refractivity contribution in [2.75, 3.05) is 26.0 Å². The highest BCUT2D eigenvalue weighted by atomic mass is 79.9. The molecular weight excluding hydrogens is 244 g/mol. The fourth-order valence-electron chi connectivity index (χ4n) is 1.46. The zero-order valence-corrected chi connectivity index (χ0v) is 11.1. The first kappa shape index (κ1) is 13.9. The average Bonchev–Trinajstić information content (AvgIpc) is 2.01. The summed E-state index contributed by atoms with van der Waals surface area (Å²) in [5.74, 6) is 0.674. The third-order valence-corrected chi connectivity index (χ3v) is 2.34. The van der Waals surface area contributed by atoms with Crippen LogP contribution in [0.2, 0.25) is 0 Å². The number of hydrogen-bond acceptors (Lipinski definition) is 2. The van der Waals surface area contributed by atoms with Crippen LogP contribution in [0, 0.1) is 5.92 Å². The van der Waals surface area contributed by atoms with E-state index in [1.165, 1.54) is 0 Å². The third-order valence-electron chi connectivity index (χ3n) is 1.83. The maximum absolute atomic E-state index is 11.2. The maximum Gasteiger partial charge on any atom is 0.230 e. The van der Waals surface area contributed by atoms with Crippen LogP contribution in [0.25, 0.3) is 0 Å². The molecule has 1 N–H and O–H groups in total. The van der Waals surface area contributed by atoms with Crippen LogP contribution >= 0.6 is 15.9 Å². The monoisotopic (exact) mass is 264 g/mol. The van der Waals surface area contributed by atoms with Crippen molar-refractivity contribution in [1.29, 1.82) is 0 Å². The van der Waals surface area contributed by atoms with Crippen molar-refractivity contribution in [3.05, 3.63) is 0 Å². The van der Waals surface area contributed by atoms with Crippen LogP contribution in [0.4, 0.5) is 0 Å². The number of rotatable bonds is 6. The summed E-state index contributed by atoms with van der Waals surface area (Å²) < 4.78 is 0. The van der Waals surface area contributed by atoms with E-state index in [0.717, 1.165) is 13.0 Å². The predicted molar refractivity (Wildman–Crippen MR) is 63.7 cm³/mol. The van der Waals surface area contributed by atoms with Crippen LogP contribution in [0.15, 0.2) is 0 Å². The Morgan fingerprint density at radius 2 is 2.00 bits per heavy atom. The van der Waals surface area contributed by atoms with Gasteiger partial charge in [-0.25, -0.2) is 0 Å². The van der Waals surface area contributed by atoms with Crippen LogP contribution in [0.5, 0.6) is 0 Å². The van der Waals surface area contributed by atoms with Crippen molar-refractivity contribution < 1.29 is 4.79 Å². The molecule has 0 rings (SSSR count). The molecule has 1 amide bonds. The minimum absolute atomic E-state index is 0.0671. The Morgan fingerprint density at radius 1 is 1.43 bits per heavy atom. The molecule has 14 heavy (non-hydrogen) atoms. The van der Waals surface area contributed by atoms with Gasteiger partial charge in [-0.1, -0.05) is 29.8 Å². The van der Waals surface area contributed by atoms with Crippen molar-refractivity contribution in [2.45, 2.75) is 26.3 Å². The summed E-state index contributed by atoms with van der Waals surface area (Å²) in [6.07, 6.45) is 1.02. The highest BCUT2D eigenvalue weighted by molar-refractivity contribution is 9.09. The lowest BCUT2D eigenvalue weighted by molar-refractivity contribution is -0.119. The van der Waals surface area contributed by atoms with Gasteiger partial charge in [0.15, 0.2) is 0 Å². The van der Waals surface area contributed by atoms with Gasteiger partial charge in [0.05, 0.1) is 5.33 Å². The number of nitrogens with one attached hydrogen (secondary N) is 1. The Kier molecular flexibility index (Phi) is 7.19. The number of alkyl halides is 1. The van der Waals surface area contributed by atoms with Gasteiger partial charge < -0.3 is 10.2 Å². The zero-order chi connectivity index (χ0) is 11.1. The Balaban J connectivity index is 4.03. The van der Waals surface area contributed by atoms with Crippen molar-refractivity contribution in [3.8, 4) is 0 Å². The van der Waals surface area contributed by atoms with Crippen molar-refractivity contribution in [1.82, 2.24) is 10.2 Å². The molecule has 1 unspecified atom stereocenters. The second-order valence-electron chi connectivity index (χ2n) is 4.29. The molecule has 1 atom stereocenters. The minimum atomic E-state index is 0.0671. The Morgan fingerprint density at radius 3 is 2.36 bits per heavy atom. The van der Waals surface area contributed by atoms with Gasteiger partial charge in [0.25, 0.3) is 0 Å². The zero-order valence-electron chi connectivity index (χ0n) is 9.51. The Labute approximate surface area is 95.4 Å². The van der Waals surface area contributed by atoms with Crippen LogP contribution in [0.1, 0.15) is 20.3 Å². The number of carbonyl (C=O) groups excluding carboxylic acids is 1. The highest BCUT2D eigenvalue weighted by Gasteiger charge is 2.13. The van der Waals surface area contributed by atoms with E-state index in [2.05, 4.69) is 40.0 Å². The van der Waals surface area contributed by atoms with E-state index in [4.69, 9.17) is 0 Å². The molecule has 0 aromatic carbocycles. The number of halogens is 1. The number of nitrogens with zero attached hydrogens (tertiary/aromatic N) is 1. The van der Waals surface area contributed by atoms with Gasteiger partial charge in [-0.2, -0.15) is 0 Å². The summed E-state index contributed by atoms with van der Waals surface area (Å²) in [7, 11) is 4.04. The number of carbonyl (C=O) groups is 1. The largest absolute Gasteiger partial charge is 0.351 e. The Hall–Kier alpha value is -0.0900. The molecule has 0 fully saturated rings. The fourth-order valence-corrected chi connectivity index (χ4v) is 1.62. The second kappa shape index (κ2) is 7.23. The molecular formula is C10H21BrN2O. The molecule has 0 aromatic rings. The normalized spacial score (nSPS) is 13.4. The summed E-state index contributed by atoms with van der Waals surface area (Å²) >= 11 is 3.15. The molecule has 84 valence electrons. The molecule has 0 radical (unpaired) electrons. The quantitative estimate of drug-likeness (QED) is 0.738. The minimum Gasteiger partial charge on any atom is -0.351 e. The number of hydrogen-bond donors (Lipinski definition) is 1. The van der Waals surface area contributed by atoms with E-state index in [9.17, 15) is 4.79 Å². The van der Waals surface area contributed by atoms with Crippen LogP contribution in [-0.4, -0.2) is 42.8 Å². The third kappa shape index (κ3) is 7.33. The topological polar surface area (TPSA) is 32.3 Å². The summed E-state index contributed by atoms with van der Waals surface area (Å²) in [4.78, 5) is 13.3. The van der Waals surface area contributed by atoms with Crippen LogP contribution < -0.4 is 5.32 Å². The maximum atomic E-state index is 11.2. The second-order valence-corrected chi connectivity index (χ2v) is 4.85. The van der Waals surface area contributed by atoms with E-state index in [0.29, 0.717) is 11.2 Å². The summed E-state index contributed by atoms with van der Waals surface area (Å²) in [5, 5.41) is 3.39. The van der Waals surface area contributed by atoms with Crippen LogP contribution in [0.3, 0.4) is 0 Å². The van der Waals surface area contributed by atoms with Gasteiger partial charge in [0.2, 0.25) is 5.91 Å². The highest BCUT2D eigenvalue weighted by Crippen LogP contribution is 2.05. The van der Waals surface area contributed by atoms with Gasteiger partial charge in [-0.15, -0.1) is 0 Å². The molecule has 0 heterocycles. The van der Waals surface area contributed by atoms with Crippen molar-refractivity contribution in [3.63, 3.8) is 0 Å². The lowest BCUT2D eigenvalue weighted by atomic mass is 10.0. The standard InChI is InChI=1S/C10H21BrN2O/c1-8(2)5-9(7-13(3)4)12-10(14)6-11/h8-9H,5-7H2,1-4H3,(H,12,14). The average molecular weight is 265 g/mol. The smallest absolute Gasteiger partial charge is 0.230 e.